The van der Waals surface area contributed by atoms with Crippen LogP contribution >= 0.6 is 23.1 Å². The van der Waals surface area contributed by atoms with E-state index in [4.69, 9.17) is 9.47 Å². The van der Waals surface area contributed by atoms with Crippen LogP contribution in [0.5, 0.6) is 11.5 Å². The van der Waals surface area contributed by atoms with Gasteiger partial charge in [0, 0.05) is 32.7 Å². The maximum Gasteiger partial charge on any atom is 0.233 e. The van der Waals surface area contributed by atoms with Crippen LogP contribution in [0, 0.1) is 0 Å². The van der Waals surface area contributed by atoms with Gasteiger partial charge in [0.25, 0.3) is 0 Å². The van der Waals surface area contributed by atoms with Gasteiger partial charge in [-0.3, -0.25) is 9.69 Å². The Hall–Kier alpha value is -2.29. The highest BCUT2D eigenvalue weighted by Crippen LogP contribution is 2.30. The lowest BCUT2D eigenvalue weighted by molar-refractivity contribution is -0.130. The topological polar surface area (TPSA) is 54.9 Å². The molecule has 0 atom stereocenters. The van der Waals surface area contributed by atoms with Crippen molar-refractivity contribution in [3.63, 3.8) is 0 Å². The summed E-state index contributed by atoms with van der Waals surface area (Å²) < 4.78 is 12.8. The Kier molecular flexibility index (Phi) is 6.76. The van der Waals surface area contributed by atoms with Crippen LogP contribution < -0.4 is 9.47 Å². The van der Waals surface area contributed by atoms with Crippen LogP contribution in [0.15, 0.2) is 46.8 Å². The second kappa shape index (κ2) is 9.68. The molecule has 2 aromatic carbocycles. The summed E-state index contributed by atoms with van der Waals surface area (Å²) in [4.78, 5) is 21.6. The van der Waals surface area contributed by atoms with Gasteiger partial charge < -0.3 is 14.4 Å². The maximum atomic E-state index is 12.6. The summed E-state index contributed by atoms with van der Waals surface area (Å²) >= 11 is 3.18. The molecule has 0 saturated carbocycles. The molecule has 1 saturated heterocycles. The van der Waals surface area contributed by atoms with Gasteiger partial charge in [0.1, 0.15) is 0 Å². The lowest BCUT2D eigenvalue weighted by Crippen LogP contribution is -2.48. The highest BCUT2D eigenvalue weighted by Gasteiger charge is 2.22. The molecule has 1 aromatic heterocycles. The molecule has 1 aliphatic heterocycles. The Labute approximate surface area is 184 Å². The largest absolute Gasteiger partial charge is 0.493 e. The fourth-order valence-electron chi connectivity index (χ4n) is 3.52. The molecule has 0 bridgehead atoms. The molecule has 3 aromatic rings. The first-order valence-electron chi connectivity index (χ1n) is 9.85. The second-order valence-electron chi connectivity index (χ2n) is 7.08. The first-order valence-corrected chi connectivity index (χ1v) is 11.7. The number of ether oxygens (including phenoxy) is 2. The van der Waals surface area contributed by atoms with Crippen molar-refractivity contribution >= 4 is 39.2 Å². The summed E-state index contributed by atoms with van der Waals surface area (Å²) in [6.45, 7) is 4.08. The number of thioether (sulfide) groups is 1. The van der Waals surface area contributed by atoms with E-state index >= 15 is 0 Å². The first kappa shape index (κ1) is 21.0. The average molecular weight is 444 g/mol. The SMILES string of the molecule is COc1ccc(CN2CCN(C(=O)CSc3nc4ccccc4s3)CC2)cc1OC. The third kappa shape index (κ3) is 4.88. The van der Waals surface area contributed by atoms with E-state index in [0.717, 1.165) is 58.8 Å². The van der Waals surface area contributed by atoms with E-state index in [0.29, 0.717) is 5.75 Å². The van der Waals surface area contributed by atoms with Crippen LogP contribution in [0.1, 0.15) is 5.56 Å². The van der Waals surface area contributed by atoms with E-state index in [-0.39, 0.29) is 5.91 Å². The Morgan fingerprint density at radius 3 is 2.57 bits per heavy atom. The van der Waals surface area contributed by atoms with Crippen LogP contribution in [0.3, 0.4) is 0 Å². The molecule has 0 aliphatic carbocycles. The number of hydrogen-bond donors (Lipinski definition) is 0. The molecule has 0 N–H and O–H groups in total. The van der Waals surface area contributed by atoms with Crippen LogP contribution in [0.2, 0.25) is 0 Å². The summed E-state index contributed by atoms with van der Waals surface area (Å²) in [5.41, 5.74) is 2.18. The highest BCUT2D eigenvalue weighted by atomic mass is 32.2. The van der Waals surface area contributed by atoms with Crippen molar-refractivity contribution in [3.8, 4) is 11.5 Å². The van der Waals surface area contributed by atoms with Gasteiger partial charge in [-0.25, -0.2) is 4.98 Å². The van der Waals surface area contributed by atoms with Crippen molar-refractivity contribution < 1.29 is 14.3 Å². The number of piperazine rings is 1. The van der Waals surface area contributed by atoms with Crippen molar-refractivity contribution in [3.05, 3.63) is 48.0 Å². The summed E-state index contributed by atoms with van der Waals surface area (Å²) in [5, 5.41) is 0. The fourth-order valence-corrected chi connectivity index (χ4v) is 5.49. The van der Waals surface area contributed by atoms with E-state index in [9.17, 15) is 4.79 Å². The Morgan fingerprint density at radius 2 is 1.83 bits per heavy atom. The highest BCUT2D eigenvalue weighted by molar-refractivity contribution is 8.01. The van der Waals surface area contributed by atoms with Crippen molar-refractivity contribution in [2.45, 2.75) is 10.9 Å². The van der Waals surface area contributed by atoms with Gasteiger partial charge in [0.2, 0.25) is 5.91 Å². The molecule has 2 heterocycles. The average Bonchev–Trinajstić information content (AvgIpc) is 3.21. The normalized spacial score (nSPS) is 14.8. The predicted molar refractivity (Wildman–Crippen MR) is 122 cm³/mol. The number of aromatic nitrogens is 1. The molecular weight excluding hydrogens is 418 g/mol. The van der Waals surface area contributed by atoms with E-state index < -0.39 is 0 Å². The molecule has 158 valence electrons. The standard InChI is InChI=1S/C22H25N3O3S2/c1-27-18-8-7-16(13-19(18)28-2)14-24-9-11-25(12-10-24)21(26)15-29-22-23-17-5-3-4-6-20(17)30-22/h3-8,13H,9-12,14-15H2,1-2H3. The molecule has 6 nitrogen and oxygen atoms in total. The number of rotatable bonds is 7. The van der Waals surface area contributed by atoms with Crippen LogP contribution in [0.25, 0.3) is 10.2 Å². The van der Waals surface area contributed by atoms with Gasteiger partial charge in [-0.1, -0.05) is 30.0 Å². The monoisotopic (exact) mass is 443 g/mol. The number of benzene rings is 2. The third-order valence-electron chi connectivity index (χ3n) is 5.17. The third-order valence-corrected chi connectivity index (χ3v) is 7.34. The number of thiazole rings is 1. The zero-order chi connectivity index (χ0) is 20.9. The number of nitrogens with zero attached hydrogens (tertiary/aromatic N) is 3. The quantitative estimate of drug-likeness (QED) is 0.519. The molecule has 4 rings (SSSR count). The van der Waals surface area contributed by atoms with Crippen molar-refractivity contribution in [1.82, 2.24) is 14.8 Å². The van der Waals surface area contributed by atoms with Gasteiger partial charge >= 0.3 is 0 Å². The van der Waals surface area contributed by atoms with Crippen LogP contribution in [0.4, 0.5) is 0 Å². The lowest BCUT2D eigenvalue weighted by Gasteiger charge is -2.34. The number of fused-ring (bicyclic) bond motifs is 1. The smallest absolute Gasteiger partial charge is 0.233 e. The molecule has 0 spiro atoms. The maximum absolute atomic E-state index is 12.6. The number of hydrogen-bond acceptors (Lipinski definition) is 7. The van der Waals surface area contributed by atoms with Crippen molar-refractivity contribution in [2.24, 2.45) is 0 Å². The van der Waals surface area contributed by atoms with Gasteiger partial charge in [-0.15, -0.1) is 11.3 Å². The zero-order valence-electron chi connectivity index (χ0n) is 17.2. The number of carbonyl (C=O) groups excluding carboxylic acids is 1. The van der Waals surface area contributed by atoms with Crippen molar-refractivity contribution in [2.75, 3.05) is 46.2 Å². The van der Waals surface area contributed by atoms with Crippen LogP contribution in [-0.4, -0.2) is 66.8 Å². The van der Waals surface area contributed by atoms with E-state index in [1.54, 1.807) is 25.6 Å². The molecule has 1 amide bonds. The predicted octanol–water partition coefficient (Wildman–Crippen LogP) is 3.75. The minimum Gasteiger partial charge on any atom is -0.493 e. The first-order chi connectivity index (χ1) is 14.7. The molecule has 1 aliphatic rings. The van der Waals surface area contributed by atoms with Gasteiger partial charge in [0.15, 0.2) is 15.8 Å². The molecular formula is C22H25N3O3S2. The Balaban J connectivity index is 1.26. The van der Waals surface area contributed by atoms with E-state index in [2.05, 4.69) is 22.0 Å². The summed E-state index contributed by atoms with van der Waals surface area (Å²) in [6.07, 6.45) is 0. The van der Waals surface area contributed by atoms with E-state index in [1.165, 1.54) is 17.3 Å². The number of carbonyl (C=O) groups is 1. The van der Waals surface area contributed by atoms with Crippen molar-refractivity contribution in [1.29, 1.82) is 0 Å². The number of methoxy groups -OCH3 is 2. The number of amides is 1. The van der Waals surface area contributed by atoms with E-state index in [1.807, 2.05) is 35.2 Å². The minimum absolute atomic E-state index is 0.185. The lowest BCUT2D eigenvalue weighted by atomic mass is 10.1. The van der Waals surface area contributed by atoms with Gasteiger partial charge in [0.05, 0.1) is 30.2 Å². The Bertz CT molecular complexity index is 983. The molecule has 30 heavy (non-hydrogen) atoms. The fraction of sp³-hybridized carbons (Fsp3) is 0.364. The molecule has 0 unspecified atom stereocenters. The molecule has 0 radical (unpaired) electrons. The zero-order valence-corrected chi connectivity index (χ0v) is 18.8. The van der Waals surface area contributed by atoms with Gasteiger partial charge in [-0.2, -0.15) is 0 Å². The van der Waals surface area contributed by atoms with Gasteiger partial charge in [-0.05, 0) is 29.8 Å². The molecule has 1 fully saturated rings. The minimum atomic E-state index is 0.185. The van der Waals surface area contributed by atoms with Crippen LogP contribution in [-0.2, 0) is 11.3 Å². The summed E-state index contributed by atoms with van der Waals surface area (Å²) in [7, 11) is 3.29. The summed E-state index contributed by atoms with van der Waals surface area (Å²) in [5.74, 6) is 2.11. The Morgan fingerprint density at radius 1 is 1.07 bits per heavy atom. The second-order valence-corrected chi connectivity index (χ2v) is 9.34. The number of para-hydroxylation sites is 1. The summed E-state index contributed by atoms with van der Waals surface area (Å²) in [6, 6.07) is 14.1. The molecule has 8 heteroatoms.